The molecule has 0 aromatic heterocycles. The molecule has 0 saturated heterocycles. The van der Waals surface area contributed by atoms with Crippen LogP contribution in [0.3, 0.4) is 0 Å². The van der Waals surface area contributed by atoms with E-state index in [-0.39, 0.29) is 32.3 Å². The first kappa shape index (κ1) is 35.9. The van der Waals surface area contributed by atoms with Gasteiger partial charge in [-0.1, -0.05) is 54.6 Å². The van der Waals surface area contributed by atoms with Crippen LogP contribution in [0.1, 0.15) is 36.0 Å². The van der Waals surface area contributed by atoms with Crippen LogP contribution in [0, 0.1) is 0 Å². The van der Waals surface area contributed by atoms with Crippen molar-refractivity contribution in [1.82, 2.24) is 21.3 Å². The maximum absolute atomic E-state index is 13.8. The summed E-state index contributed by atoms with van der Waals surface area (Å²) in [6.45, 7) is -0.538. The van der Waals surface area contributed by atoms with Crippen LogP contribution in [-0.2, 0) is 43.2 Å². The van der Waals surface area contributed by atoms with Crippen LogP contribution < -0.4 is 26.0 Å². The van der Waals surface area contributed by atoms with Crippen molar-refractivity contribution in [2.45, 2.75) is 62.8 Å². The summed E-state index contributed by atoms with van der Waals surface area (Å²) in [7, 11) is 1.45. The molecule has 10 nitrogen and oxygen atoms in total. The van der Waals surface area contributed by atoms with Gasteiger partial charge in [-0.2, -0.15) is 13.2 Å². The van der Waals surface area contributed by atoms with Crippen molar-refractivity contribution < 1.29 is 41.8 Å². The molecule has 4 rings (SSSR count). The van der Waals surface area contributed by atoms with Gasteiger partial charge in [0.05, 0.1) is 13.0 Å². The van der Waals surface area contributed by atoms with Crippen molar-refractivity contribution in [2.24, 2.45) is 0 Å². The molecule has 3 aromatic rings. The monoisotopic (exact) mass is 668 g/mol. The van der Waals surface area contributed by atoms with Crippen LogP contribution in [0.5, 0.6) is 11.5 Å². The van der Waals surface area contributed by atoms with Gasteiger partial charge < -0.3 is 30.7 Å². The average Bonchev–Trinajstić information content (AvgIpc) is 3.04. The molecule has 3 aromatic carbocycles. The standard InChI is InChI=1S/C35H39F3N4O6/c1-47-18-15-31(43)40-30-22-25-10-6-12-27(20-25)48-26-11-5-9-24(19-26)21-29(32(44)39-17-16-35(36,37)38)42-33(45)28(41-34(30)46)14-13-23-7-3-2-4-8-23/h2-12,19-20,28-30H,13-18,21-22H2,1H3,(H,39,44)(H,40,43)(H,41,46)(H,42,45)/t28-,29-,30-/m0/s1. The molecule has 256 valence electrons. The van der Waals surface area contributed by atoms with Crippen molar-refractivity contribution in [3.63, 3.8) is 0 Å². The van der Waals surface area contributed by atoms with E-state index in [0.29, 0.717) is 29.0 Å². The van der Waals surface area contributed by atoms with E-state index in [9.17, 15) is 32.3 Å². The SMILES string of the molecule is COCCC(=O)N[C@H]1Cc2cccc(c2)Oc2cccc(c2)C[C@@H](C(=O)NCCC(F)(F)F)NC(=O)[C@H](CCc2ccccc2)NC1=O. The van der Waals surface area contributed by atoms with Crippen LogP contribution in [0.25, 0.3) is 0 Å². The Hall–Kier alpha value is -4.91. The molecule has 1 heterocycles. The van der Waals surface area contributed by atoms with E-state index in [2.05, 4.69) is 21.3 Å². The van der Waals surface area contributed by atoms with Crippen molar-refractivity contribution in [3.05, 3.63) is 95.6 Å². The lowest BCUT2D eigenvalue weighted by Crippen LogP contribution is -2.57. The van der Waals surface area contributed by atoms with Crippen molar-refractivity contribution in [3.8, 4) is 11.5 Å². The number of nitrogens with one attached hydrogen (secondary N) is 4. The van der Waals surface area contributed by atoms with Gasteiger partial charge in [0.1, 0.15) is 29.6 Å². The summed E-state index contributed by atoms with van der Waals surface area (Å²) in [6, 6.07) is 19.5. The zero-order valence-electron chi connectivity index (χ0n) is 26.5. The van der Waals surface area contributed by atoms with Crippen molar-refractivity contribution in [2.75, 3.05) is 20.3 Å². The fourth-order valence-electron chi connectivity index (χ4n) is 5.18. The topological polar surface area (TPSA) is 135 Å². The normalized spacial score (nSPS) is 18.5. The highest BCUT2D eigenvalue weighted by atomic mass is 19.4. The lowest BCUT2D eigenvalue weighted by atomic mass is 10.0. The Kier molecular flexibility index (Phi) is 13.0. The average molecular weight is 669 g/mol. The summed E-state index contributed by atoms with van der Waals surface area (Å²) in [5.41, 5.74) is 2.16. The maximum Gasteiger partial charge on any atom is 0.390 e. The number of fused-ring (bicyclic) bond motifs is 4. The number of amides is 4. The number of rotatable bonds is 10. The number of methoxy groups -OCH3 is 1. The summed E-state index contributed by atoms with van der Waals surface area (Å²) in [6.07, 6.45) is -5.21. The van der Waals surface area contributed by atoms with Crippen LogP contribution in [0.2, 0.25) is 0 Å². The van der Waals surface area contributed by atoms with Gasteiger partial charge >= 0.3 is 6.18 Å². The van der Waals surface area contributed by atoms with Crippen molar-refractivity contribution in [1.29, 1.82) is 0 Å². The second-order valence-electron chi connectivity index (χ2n) is 11.5. The highest BCUT2D eigenvalue weighted by Gasteiger charge is 2.31. The van der Waals surface area contributed by atoms with Gasteiger partial charge in [-0.15, -0.1) is 0 Å². The molecule has 1 aliphatic heterocycles. The van der Waals surface area contributed by atoms with Gasteiger partial charge in [0.15, 0.2) is 0 Å². The van der Waals surface area contributed by atoms with Crippen LogP contribution in [-0.4, -0.2) is 68.2 Å². The second kappa shape index (κ2) is 17.3. The number of benzene rings is 3. The smallest absolute Gasteiger partial charge is 0.390 e. The molecular formula is C35H39F3N4O6. The zero-order chi connectivity index (χ0) is 34.5. The fraction of sp³-hybridized carbons (Fsp3) is 0.371. The highest BCUT2D eigenvalue weighted by molar-refractivity contribution is 5.94. The Morgan fingerprint density at radius 3 is 2.21 bits per heavy atom. The summed E-state index contributed by atoms with van der Waals surface area (Å²) in [5.74, 6) is -1.72. The minimum Gasteiger partial charge on any atom is -0.457 e. The second-order valence-corrected chi connectivity index (χ2v) is 11.5. The Balaban J connectivity index is 1.69. The van der Waals surface area contributed by atoms with Gasteiger partial charge in [-0.05, 0) is 53.8 Å². The largest absolute Gasteiger partial charge is 0.457 e. The molecule has 4 bridgehead atoms. The predicted octanol–water partition coefficient (Wildman–Crippen LogP) is 3.77. The molecule has 4 amide bonds. The number of aryl methyl sites for hydroxylation is 1. The third kappa shape index (κ3) is 11.7. The summed E-state index contributed by atoms with van der Waals surface area (Å²) in [5, 5.41) is 10.4. The quantitative estimate of drug-likeness (QED) is 0.260. The third-order valence-electron chi connectivity index (χ3n) is 7.64. The number of hydrogen-bond acceptors (Lipinski definition) is 6. The first-order chi connectivity index (χ1) is 23.0. The Labute approximate surface area is 276 Å². The van der Waals surface area contributed by atoms with E-state index in [0.717, 1.165) is 5.56 Å². The maximum atomic E-state index is 13.8. The van der Waals surface area contributed by atoms with Gasteiger partial charge in [-0.3, -0.25) is 19.2 Å². The van der Waals surface area contributed by atoms with Crippen LogP contribution >= 0.6 is 0 Å². The summed E-state index contributed by atoms with van der Waals surface area (Å²) >= 11 is 0. The number of hydrogen-bond donors (Lipinski definition) is 4. The molecule has 3 atom stereocenters. The number of ether oxygens (including phenoxy) is 2. The molecule has 1 aliphatic rings. The molecule has 0 saturated carbocycles. The van der Waals surface area contributed by atoms with E-state index in [1.165, 1.54) is 7.11 Å². The number of alkyl halides is 3. The van der Waals surface area contributed by atoms with E-state index in [1.807, 2.05) is 30.3 Å². The Morgan fingerprint density at radius 2 is 1.56 bits per heavy atom. The molecule has 0 radical (unpaired) electrons. The third-order valence-corrected chi connectivity index (χ3v) is 7.64. The number of halogens is 3. The lowest BCUT2D eigenvalue weighted by molar-refractivity contribution is -0.137. The van der Waals surface area contributed by atoms with E-state index >= 15 is 0 Å². The van der Waals surface area contributed by atoms with Crippen LogP contribution in [0.15, 0.2) is 78.9 Å². The molecular weight excluding hydrogens is 629 g/mol. The first-order valence-electron chi connectivity index (χ1n) is 15.6. The molecule has 0 fully saturated rings. The zero-order valence-corrected chi connectivity index (χ0v) is 26.5. The molecule has 4 N–H and O–H groups in total. The molecule has 0 aliphatic carbocycles. The van der Waals surface area contributed by atoms with E-state index < -0.39 is 60.9 Å². The predicted molar refractivity (Wildman–Crippen MR) is 171 cm³/mol. The lowest BCUT2D eigenvalue weighted by Gasteiger charge is -2.26. The van der Waals surface area contributed by atoms with E-state index in [4.69, 9.17) is 9.47 Å². The molecule has 0 spiro atoms. The Morgan fingerprint density at radius 1 is 0.896 bits per heavy atom. The highest BCUT2D eigenvalue weighted by Crippen LogP contribution is 2.25. The summed E-state index contributed by atoms with van der Waals surface area (Å²) in [4.78, 5) is 53.6. The summed E-state index contributed by atoms with van der Waals surface area (Å²) < 4.78 is 49.6. The van der Waals surface area contributed by atoms with Gasteiger partial charge in [-0.25, -0.2) is 0 Å². The van der Waals surface area contributed by atoms with Gasteiger partial charge in [0, 0.05) is 32.9 Å². The van der Waals surface area contributed by atoms with Crippen molar-refractivity contribution >= 4 is 23.6 Å². The molecule has 48 heavy (non-hydrogen) atoms. The number of carbonyl (C=O) groups is 4. The Bertz CT molecular complexity index is 1550. The first-order valence-corrected chi connectivity index (χ1v) is 15.6. The molecule has 13 heteroatoms. The van der Waals surface area contributed by atoms with Gasteiger partial charge in [0.25, 0.3) is 0 Å². The minimum atomic E-state index is -4.48. The number of carbonyl (C=O) groups excluding carboxylic acids is 4. The fourth-order valence-corrected chi connectivity index (χ4v) is 5.18. The van der Waals surface area contributed by atoms with Gasteiger partial charge in [0.2, 0.25) is 23.6 Å². The van der Waals surface area contributed by atoms with Crippen LogP contribution in [0.4, 0.5) is 13.2 Å². The molecule has 0 unspecified atom stereocenters. The minimum absolute atomic E-state index is 0.00280. The van der Waals surface area contributed by atoms with E-state index in [1.54, 1.807) is 48.5 Å².